The average Bonchev–Trinajstić information content (AvgIpc) is 2.61. The first kappa shape index (κ1) is 10.5. The SMILES string of the molecule is COC1CCN(CCC(N)C#N)C1. The molecule has 4 heteroatoms. The highest BCUT2D eigenvalue weighted by molar-refractivity contribution is 4.87. The molecule has 13 heavy (non-hydrogen) atoms. The number of nitriles is 1. The highest BCUT2D eigenvalue weighted by Gasteiger charge is 2.21. The molecule has 0 aromatic rings. The van der Waals surface area contributed by atoms with Crippen LogP contribution in [0.3, 0.4) is 0 Å². The van der Waals surface area contributed by atoms with Crippen LogP contribution in [0.2, 0.25) is 0 Å². The largest absolute Gasteiger partial charge is 0.380 e. The molecule has 1 fully saturated rings. The summed E-state index contributed by atoms with van der Waals surface area (Å²) in [6.45, 7) is 2.96. The summed E-state index contributed by atoms with van der Waals surface area (Å²) in [5, 5.41) is 8.49. The van der Waals surface area contributed by atoms with Crippen LogP contribution in [0.4, 0.5) is 0 Å². The average molecular weight is 183 g/mol. The lowest BCUT2D eigenvalue weighted by Gasteiger charge is -2.15. The summed E-state index contributed by atoms with van der Waals surface area (Å²) >= 11 is 0. The van der Waals surface area contributed by atoms with E-state index >= 15 is 0 Å². The van der Waals surface area contributed by atoms with Gasteiger partial charge in [0.2, 0.25) is 0 Å². The van der Waals surface area contributed by atoms with E-state index in [2.05, 4.69) is 4.90 Å². The molecule has 2 N–H and O–H groups in total. The standard InChI is InChI=1S/C9H17N3O/c1-13-9-3-5-12(7-9)4-2-8(11)6-10/h8-9H,2-5,7,11H2,1H3. The molecule has 0 aromatic heterocycles. The van der Waals surface area contributed by atoms with Gasteiger partial charge in [0.1, 0.15) is 0 Å². The number of nitrogens with zero attached hydrogens (tertiary/aromatic N) is 2. The van der Waals surface area contributed by atoms with Crippen molar-refractivity contribution in [1.82, 2.24) is 4.90 Å². The third-order valence-electron chi connectivity index (χ3n) is 2.48. The Hall–Kier alpha value is -0.630. The van der Waals surface area contributed by atoms with Gasteiger partial charge in [-0.05, 0) is 12.8 Å². The maximum absolute atomic E-state index is 8.49. The zero-order chi connectivity index (χ0) is 9.68. The monoisotopic (exact) mass is 183 g/mol. The molecule has 1 aliphatic rings. The number of hydrogen-bond acceptors (Lipinski definition) is 4. The van der Waals surface area contributed by atoms with Crippen molar-refractivity contribution in [2.75, 3.05) is 26.7 Å². The van der Waals surface area contributed by atoms with Gasteiger partial charge in [0.25, 0.3) is 0 Å². The molecule has 0 aliphatic carbocycles. The fraction of sp³-hybridized carbons (Fsp3) is 0.889. The predicted molar refractivity (Wildman–Crippen MR) is 50.1 cm³/mol. The first-order valence-electron chi connectivity index (χ1n) is 4.66. The van der Waals surface area contributed by atoms with Crippen LogP contribution in [0.5, 0.6) is 0 Å². The fourth-order valence-corrected chi connectivity index (χ4v) is 1.58. The zero-order valence-corrected chi connectivity index (χ0v) is 8.07. The van der Waals surface area contributed by atoms with Gasteiger partial charge in [-0.25, -0.2) is 0 Å². The lowest BCUT2D eigenvalue weighted by Crippen LogP contribution is -2.29. The summed E-state index contributed by atoms with van der Waals surface area (Å²) in [5.74, 6) is 0. The number of likely N-dealkylation sites (tertiary alicyclic amines) is 1. The summed E-state index contributed by atoms with van der Waals surface area (Å²) < 4.78 is 5.24. The van der Waals surface area contributed by atoms with E-state index in [1.54, 1.807) is 7.11 Å². The molecule has 0 bridgehead atoms. The maximum atomic E-state index is 8.49. The lowest BCUT2D eigenvalue weighted by atomic mass is 10.2. The summed E-state index contributed by atoms with van der Waals surface area (Å²) in [6, 6.07) is 1.72. The number of hydrogen-bond donors (Lipinski definition) is 1. The van der Waals surface area contributed by atoms with Crippen LogP contribution in [0.1, 0.15) is 12.8 Å². The summed E-state index contributed by atoms with van der Waals surface area (Å²) in [5.41, 5.74) is 5.50. The predicted octanol–water partition coefficient (Wildman–Crippen LogP) is -0.0519. The molecule has 4 nitrogen and oxygen atoms in total. The van der Waals surface area contributed by atoms with E-state index in [4.69, 9.17) is 15.7 Å². The van der Waals surface area contributed by atoms with Gasteiger partial charge in [-0.2, -0.15) is 5.26 Å². The summed E-state index contributed by atoms with van der Waals surface area (Å²) in [7, 11) is 1.75. The Kier molecular flexibility index (Phi) is 4.16. The molecule has 1 saturated heterocycles. The summed E-state index contributed by atoms with van der Waals surface area (Å²) in [4.78, 5) is 2.30. The van der Waals surface area contributed by atoms with Crippen molar-refractivity contribution in [3.63, 3.8) is 0 Å². The highest BCUT2D eigenvalue weighted by atomic mass is 16.5. The minimum absolute atomic E-state index is 0.318. The number of rotatable bonds is 4. The Bertz CT molecular complexity index is 190. The quantitative estimate of drug-likeness (QED) is 0.663. The van der Waals surface area contributed by atoms with Gasteiger partial charge in [-0.15, -0.1) is 0 Å². The van der Waals surface area contributed by atoms with E-state index < -0.39 is 0 Å². The Morgan fingerprint density at radius 3 is 3.08 bits per heavy atom. The van der Waals surface area contributed by atoms with E-state index in [0.717, 1.165) is 32.5 Å². The van der Waals surface area contributed by atoms with E-state index in [-0.39, 0.29) is 6.04 Å². The summed E-state index contributed by atoms with van der Waals surface area (Å²) in [6.07, 6.45) is 2.23. The smallest absolute Gasteiger partial charge is 0.0940 e. The van der Waals surface area contributed by atoms with Crippen molar-refractivity contribution in [3.8, 4) is 6.07 Å². The van der Waals surface area contributed by atoms with Gasteiger partial charge in [-0.3, -0.25) is 0 Å². The molecule has 74 valence electrons. The Morgan fingerprint density at radius 2 is 2.54 bits per heavy atom. The zero-order valence-electron chi connectivity index (χ0n) is 8.07. The molecule has 1 rings (SSSR count). The molecular weight excluding hydrogens is 166 g/mol. The Labute approximate surface area is 79.3 Å². The van der Waals surface area contributed by atoms with Gasteiger partial charge < -0.3 is 15.4 Å². The van der Waals surface area contributed by atoms with Gasteiger partial charge in [0, 0.05) is 26.7 Å². The van der Waals surface area contributed by atoms with Gasteiger partial charge >= 0.3 is 0 Å². The lowest BCUT2D eigenvalue weighted by molar-refractivity contribution is 0.108. The Morgan fingerprint density at radius 1 is 1.77 bits per heavy atom. The molecule has 0 saturated carbocycles. The van der Waals surface area contributed by atoms with Crippen LogP contribution in [0.15, 0.2) is 0 Å². The number of methoxy groups -OCH3 is 1. The molecular formula is C9H17N3O. The normalized spacial score (nSPS) is 25.8. The molecule has 1 heterocycles. The molecule has 0 spiro atoms. The molecule has 0 radical (unpaired) electrons. The third kappa shape index (κ3) is 3.31. The van der Waals surface area contributed by atoms with Crippen LogP contribution in [-0.2, 0) is 4.74 Å². The van der Waals surface area contributed by atoms with Crippen molar-refractivity contribution >= 4 is 0 Å². The first-order valence-corrected chi connectivity index (χ1v) is 4.66. The van der Waals surface area contributed by atoms with E-state index in [0.29, 0.717) is 6.10 Å². The van der Waals surface area contributed by atoms with Crippen LogP contribution < -0.4 is 5.73 Å². The third-order valence-corrected chi connectivity index (χ3v) is 2.48. The van der Waals surface area contributed by atoms with Crippen molar-refractivity contribution in [3.05, 3.63) is 0 Å². The van der Waals surface area contributed by atoms with E-state index in [9.17, 15) is 0 Å². The van der Waals surface area contributed by atoms with Crippen molar-refractivity contribution < 1.29 is 4.74 Å². The molecule has 0 aromatic carbocycles. The molecule has 0 amide bonds. The van der Waals surface area contributed by atoms with Gasteiger partial charge in [0.05, 0.1) is 18.2 Å². The topological polar surface area (TPSA) is 62.3 Å². The van der Waals surface area contributed by atoms with Crippen LogP contribution in [0, 0.1) is 11.3 Å². The number of nitrogens with two attached hydrogens (primary N) is 1. The minimum Gasteiger partial charge on any atom is -0.380 e. The van der Waals surface area contributed by atoms with Gasteiger partial charge in [0.15, 0.2) is 0 Å². The van der Waals surface area contributed by atoms with Crippen LogP contribution >= 0.6 is 0 Å². The van der Waals surface area contributed by atoms with Crippen molar-refractivity contribution in [1.29, 1.82) is 5.26 Å². The van der Waals surface area contributed by atoms with Crippen LogP contribution in [0.25, 0.3) is 0 Å². The van der Waals surface area contributed by atoms with E-state index in [1.165, 1.54) is 0 Å². The first-order chi connectivity index (χ1) is 6.26. The Balaban J connectivity index is 2.14. The maximum Gasteiger partial charge on any atom is 0.0940 e. The molecule has 2 unspecified atom stereocenters. The second-order valence-electron chi connectivity index (χ2n) is 3.47. The van der Waals surface area contributed by atoms with Crippen LogP contribution in [-0.4, -0.2) is 43.8 Å². The fourth-order valence-electron chi connectivity index (χ4n) is 1.58. The molecule has 2 atom stereocenters. The van der Waals surface area contributed by atoms with Crippen molar-refractivity contribution in [2.24, 2.45) is 5.73 Å². The number of ether oxygens (including phenoxy) is 1. The van der Waals surface area contributed by atoms with E-state index in [1.807, 2.05) is 6.07 Å². The van der Waals surface area contributed by atoms with Crippen molar-refractivity contribution in [2.45, 2.75) is 25.0 Å². The van der Waals surface area contributed by atoms with Gasteiger partial charge in [-0.1, -0.05) is 0 Å². The highest BCUT2D eigenvalue weighted by Crippen LogP contribution is 2.11. The minimum atomic E-state index is -0.318. The second kappa shape index (κ2) is 5.18. The molecule has 1 aliphatic heterocycles. The second-order valence-corrected chi connectivity index (χ2v) is 3.47.